The van der Waals surface area contributed by atoms with E-state index < -0.39 is 11.9 Å². The second-order valence-corrected chi connectivity index (χ2v) is 12.6. The molecule has 5 rings (SSSR count). The third-order valence-electron chi connectivity index (χ3n) is 7.80. The van der Waals surface area contributed by atoms with E-state index in [4.69, 9.17) is 4.74 Å². The quantitative estimate of drug-likeness (QED) is 0.205. The zero-order valence-corrected chi connectivity index (χ0v) is 24.0. The fraction of sp³-hybridized carbons (Fsp3) is 0.429. The van der Waals surface area contributed by atoms with Crippen LogP contribution in [0.15, 0.2) is 36.4 Å². The van der Waals surface area contributed by atoms with E-state index in [0.29, 0.717) is 29.8 Å². The molecule has 3 amide bonds. The molecule has 1 saturated carbocycles. The lowest BCUT2D eigenvalue weighted by molar-refractivity contribution is -0.139. The van der Waals surface area contributed by atoms with Crippen molar-refractivity contribution in [1.29, 1.82) is 0 Å². The number of aryl methyl sites for hydroxylation is 3. The number of fused-ring (bicyclic) bond motifs is 1. The van der Waals surface area contributed by atoms with Crippen molar-refractivity contribution < 1.29 is 23.9 Å². The molecule has 2 saturated heterocycles. The van der Waals surface area contributed by atoms with Gasteiger partial charge < -0.3 is 9.64 Å². The van der Waals surface area contributed by atoms with Crippen LogP contribution >= 0.6 is 31.9 Å². The number of hydrogen-bond donors (Lipinski definition) is 0. The highest BCUT2D eigenvalue weighted by Crippen LogP contribution is 2.45. The molecule has 0 bridgehead atoms. The number of benzene rings is 2. The van der Waals surface area contributed by atoms with Gasteiger partial charge in [-0.3, -0.25) is 19.2 Å². The van der Waals surface area contributed by atoms with Gasteiger partial charge in [-0.05, 0) is 80.6 Å². The van der Waals surface area contributed by atoms with Gasteiger partial charge in [0.25, 0.3) is 0 Å². The van der Waals surface area contributed by atoms with E-state index in [9.17, 15) is 19.2 Å². The summed E-state index contributed by atoms with van der Waals surface area (Å²) in [7, 11) is 0. The van der Waals surface area contributed by atoms with E-state index >= 15 is 0 Å². The van der Waals surface area contributed by atoms with Crippen molar-refractivity contribution in [3.05, 3.63) is 53.1 Å². The van der Waals surface area contributed by atoms with Gasteiger partial charge in [0.15, 0.2) is 0 Å². The van der Waals surface area contributed by atoms with E-state index in [-0.39, 0.29) is 52.2 Å². The summed E-state index contributed by atoms with van der Waals surface area (Å²) >= 11 is 7.23. The van der Waals surface area contributed by atoms with Gasteiger partial charge in [-0.25, -0.2) is 4.90 Å². The minimum Gasteiger partial charge on any atom is -0.426 e. The number of amides is 3. The van der Waals surface area contributed by atoms with Crippen molar-refractivity contribution in [1.82, 2.24) is 0 Å². The predicted molar refractivity (Wildman–Crippen MR) is 147 cm³/mol. The number of ether oxygens (including phenoxy) is 1. The number of alkyl halides is 2. The Morgan fingerprint density at radius 2 is 1.51 bits per heavy atom. The number of esters is 1. The summed E-state index contributed by atoms with van der Waals surface area (Å²) in [4.78, 5) is 55.1. The molecule has 7 nitrogen and oxygen atoms in total. The van der Waals surface area contributed by atoms with Crippen LogP contribution in [0.5, 0.6) is 5.75 Å². The maximum absolute atomic E-state index is 13.2. The van der Waals surface area contributed by atoms with Crippen molar-refractivity contribution in [2.75, 3.05) is 16.3 Å². The first-order valence-electron chi connectivity index (χ1n) is 12.4. The van der Waals surface area contributed by atoms with Crippen molar-refractivity contribution in [2.45, 2.75) is 49.7 Å². The summed E-state index contributed by atoms with van der Waals surface area (Å²) in [6.07, 6.45) is 1.30. The number of rotatable bonds is 4. The number of hydrogen-bond acceptors (Lipinski definition) is 5. The molecule has 37 heavy (non-hydrogen) atoms. The molecule has 0 aromatic heterocycles. The van der Waals surface area contributed by atoms with Crippen LogP contribution in [0.25, 0.3) is 0 Å². The molecule has 3 fully saturated rings. The molecule has 3 aliphatic rings. The van der Waals surface area contributed by atoms with Gasteiger partial charge in [-0.1, -0.05) is 37.9 Å². The Morgan fingerprint density at radius 3 is 2.11 bits per heavy atom. The van der Waals surface area contributed by atoms with Gasteiger partial charge in [0.1, 0.15) is 5.75 Å². The van der Waals surface area contributed by atoms with Gasteiger partial charge in [-0.2, -0.15) is 0 Å². The monoisotopic (exact) mass is 630 g/mol. The summed E-state index contributed by atoms with van der Waals surface area (Å²) in [5, 5.41) is 0. The van der Waals surface area contributed by atoms with Gasteiger partial charge >= 0.3 is 5.97 Å². The highest BCUT2D eigenvalue weighted by molar-refractivity contribution is 9.12. The Balaban J connectivity index is 1.28. The fourth-order valence-corrected chi connectivity index (χ4v) is 6.72. The van der Waals surface area contributed by atoms with Crippen LogP contribution in [0.4, 0.5) is 11.4 Å². The summed E-state index contributed by atoms with van der Waals surface area (Å²) in [5.41, 5.74) is 4.18. The standard InChI is InChI=1S/C28H28Br2N2O5/c1-14-4-5-18(8-15(14)2)31-13-17(10-25(31)33)28(36)37-19-6-7-24(16(3)9-19)32-26(34)20-11-22(29)23(30)12-21(20)27(32)35/h4-9,17,20-23H,10-13H2,1-3H3/t17-,20-,21+,22+,23+/m1/s1. The van der Waals surface area contributed by atoms with Crippen LogP contribution in [0, 0.1) is 38.5 Å². The largest absolute Gasteiger partial charge is 0.426 e. The summed E-state index contributed by atoms with van der Waals surface area (Å²) in [5.74, 6) is -1.86. The van der Waals surface area contributed by atoms with Crippen molar-refractivity contribution in [3.63, 3.8) is 0 Å². The molecule has 0 N–H and O–H groups in total. The first-order valence-corrected chi connectivity index (χ1v) is 14.2. The zero-order chi connectivity index (χ0) is 26.6. The van der Waals surface area contributed by atoms with E-state index in [2.05, 4.69) is 31.9 Å². The van der Waals surface area contributed by atoms with Crippen LogP contribution < -0.4 is 14.5 Å². The normalized spacial score (nSPS) is 27.6. The SMILES string of the molecule is Cc1ccc(N2C[C@H](C(=O)Oc3ccc(N4C(=O)[C@H]5C[C@H](Br)[C@@H](Br)C[C@H]5C4=O)c(C)c3)CC2=O)cc1C. The van der Waals surface area contributed by atoms with Crippen LogP contribution in [-0.4, -0.2) is 39.9 Å². The summed E-state index contributed by atoms with van der Waals surface area (Å²) in [6.45, 7) is 6.06. The van der Waals surface area contributed by atoms with Gasteiger partial charge in [-0.15, -0.1) is 0 Å². The first-order chi connectivity index (χ1) is 17.5. The molecule has 0 unspecified atom stereocenters. The topological polar surface area (TPSA) is 84.0 Å². The predicted octanol–water partition coefficient (Wildman–Crippen LogP) is 5.00. The van der Waals surface area contributed by atoms with Crippen LogP contribution in [-0.2, 0) is 19.2 Å². The number of halogens is 2. The lowest BCUT2D eigenvalue weighted by Gasteiger charge is -2.29. The average Bonchev–Trinajstić information content (AvgIpc) is 3.34. The molecule has 194 valence electrons. The van der Waals surface area contributed by atoms with Gasteiger partial charge in [0.2, 0.25) is 17.7 Å². The molecule has 5 atom stereocenters. The smallest absolute Gasteiger partial charge is 0.316 e. The molecule has 2 aliphatic heterocycles. The van der Waals surface area contributed by atoms with Crippen LogP contribution in [0.1, 0.15) is 36.0 Å². The Morgan fingerprint density at radius 1 is 0.865 bits per heavy atom. The van der Waals surface area contributed by atoms with Crippen molar-refractivity contribution in [3.8, 4) is 5.75 Å². The molecule has 0 spiro atoms. The van der Waals surface area contributed by atoms with Crippen LogP contribution in [0.3, 0.4) is 0 Å². The molecule has 9 heteroatoms. The molecule has 2 aromatic rings. The highest BCUT2D eigenvalue weighted by atomic mass is 79.9. The molecular formula is C28H28Br2N2O5. The molecule has 0 radical (unpaired) electrons. The fourth-order valence-electron chi connectivity index (χ4n) is 5.48. The molecule has 2 aromatic carbocycles. The highest BCUT2D eigenvalue weighted by Gasteiger charge is 2.52. The number of anilines is 2. The minimum absolute atomic E-state index is 0.0888. The third kappa shape index (κ3) is 4.76. The van der Waals surface area contributed by atoms with Crippen molar-refractivity contribution in [2.24, 2.45) is 17.8 Å². The summed E-state index contributed by atoms with van der Waals surface area (Å²) < 4.78 is 5.63. The number of nitrogens with zero attached hydrogens (tertiary/aromatic N) is 2. The lowest BCUT2D eigenvalue weighted by Crippen LogP contribution is -2.34. The second kappa shape index (κ2) is 9.98. The lowest BCUT2D eigenvalue weighted by atomic mass is 9.81. The Labute approximate surface area is 232 Å². The summed E-state index contributed by atoms with van der Waals surface area (Å²) in [6, 6.07) is 10.7. The number of imide groups is 1. The minimum atomic E-state index is -0.576. The Kier molecular flexibility index (Phi) is 7.04. The van der Waals surface area contributed by atoms with Crippen molar-refractivity contribution >= 4 is 66.9 Å². The molecule has 2 heterocycles. The van der Waals surface area contributed by atoms with E-state index in [1.807, 2.05) is 32.0 Å². The van der Waals surface area contributed by atoms with E-state index in [1.165, 1.54) is 4.90 Å². The maximum atomic E-state index is 13.2. The molecule has 1 aliphatic carbocycles. The van der Waals surface area contributed by atoms with Gasteiger partial charge in [0.05, 0.1) is 23.4 Å². The Bertz CT molecular complexity index is 1280. The average molecular weight is 632 g/mol. The second-order valence-electron chi connectivity index (χ2n) is 10.3. The first kappa shape index (κ1) is 26.1. The van der Waals surface area contributed by atoms with Gasteiger partial charge in [0, 0.05) is 28.3 Å². The molecular weight excluding hydrogens is 604 g/mol. The Hall–Kier alpha value is -2.52. The van der Waals surface area contributed by atoms with E-state index in [1.54, 1.807) is 30.0 Å². The zero-order valence-electron chi connectivity index (χ0n) is 20.9. The number of carbonyl (C=O) groups excluding carboxylic acids is 4. The van der Waals surface area contributed by atoms with E-state index in [0.717, 1.165) is 16.8 Å². The number of carbonyl (C=O) groups is 4. The third-order valence-corrected chi connectivity index (χ3v) is 10.5. The maximum Gasteiger partial charge on any atom is 0.316 e. The van der Waals surface area contributed by atoms with Crippen LogP contribution in [0.2, 0.25) is 0 Å².